The summed E-state index contributed by atoms with van der Waals surface area (Å²) in [5, 5.41) is 13.3. The molecule has 0 aliphatic rings. The molecule has 0 aliphatic heterocycles. The highest BCUT2D eigenvalue weighted by Crippen LogP contribution is 2.31. The van der Waals surface area contributed by atoms with Crippen LogP contribution in [0.3, 0.4) is 0 Å². The van der Waals surface area contributed by atoms with E-state index in [1.165, 1.54) is 0 Å². The van der Waals surface area contributed by atoms with Gasteiger partial charge in [-0.25, -0.2) is 0 Å². The maximum absolute atomic E-state index is 11.5. The molecule has 0 spiro atoms. The molecule has 6 nitrogen and oxygen atoms in total. The van der Waals surface area contributed by atoms with Crippen LogP contribution < -0.4 is 0 Å². The van der Waals surface area contributed by atoms with Gasteiger partial charge in [-0.15, -0.1) is 0 Å². The topological polar surface area (TPSA) is 85.5 Å². The molecule has 0 aliphatic carbocycles. The lowest BCUT2D eigenvalue weighted by atomic mass is 9.76. The predicted molar refractivity (Wildman–Crippen MR) is 73.2 cm³/mol. The molecule has 0 saturated heterocycles. The Morgan fingerprint density at radius 1 is 1.50 bits per heavy atom. The van der Waals surface area contributed by atoms with E-state index in [4.69, 9.17) is 9.26 Å². The van der Waals surface area contributed by atoms with Crippen LogP contribution in [0, 0.1) is 11.3 Å². The lowest BCUT2D eigenvalue weighted by Crippen LogP contribution is -2.35. The number of aromatic nitrogens is 2. The number of carboxylic acid groups (broad SMARTS) is 1. The Bertz CT molecular complexity index is 444. The van der Waals surface area contributed by atoms with Crippen molar-refractivity contribution < 1.29 is 19.2 Å². The Hall–Kier alpha value is -1.43. The highest BCUT2D eigenvalue weighted by molar-refractivity contribution is 5.74. The van der Waals surface area contributed by atoms with E-state index in [0.717, 1.165) is 12.8 Å². The van der Waals surface area contributed by atoms with Gasteiger partial charge in [0.05, 0.1) is 5.41 Å². The minimum atomic E-state index is -0.920. The van der Waals surface area contributed by atoms with E-state index in [9.17, 15) is 9.90 Å². The second-order valence-corrected chi connectivity index (χ2v) is 5.61. The number of methoxy groups -OCH3 is 1. The van der Waals surface area contributed by atoms with Crippen molar-refractivity contribution >= 4 is 5.97 Å². The summed E-state index contributed by atoms with van der Waals surface area (Å²) in [7, 11) is 1.60. The fraction of sp³-hybridized carbons (Fsp3) is 0.786. The molecule has 1 aromatic heterocycles. The summed E-state index contributed by atoms with van der Waals surface area (Å²) < 4.78 is 10.5. The number of carbonyl (C=O) groups is 1. The maximum atomic E-state index is 11.5. The lowest BCUT2D eigenvalue weighted by molar-refractivity contribution is -0.150. The summed E-state index contributed by atoms with van der Waals surface area (Å²) in [5.41, 5.74) is -0.920. The first-order chi connectivity index (χ1) is 9.35. The molecule has 0 bridgehead atoms. The normalized spacial score (nSPS) is 16.1. The van der Waals surface area contributed by atoms with Gasteiger partial charge in [0.25, 0.3) is 0 Å². The van der Waals surface area contributed by atoms with Gasteiger partial charge in [0.2, 0.25) is 11.7 Å². The van der Waals surface area contributed by atoms with Gasteiger partial charge in [-0.3, -0.25) is 4.79 Å². The fourth-order valence-corrected chi connectivity index (χ4v) is 1.93. The van der Waals surface area contributed by atoms with Gasteiger partial charge in [0.1, 0.15) is 6.10 Å². The molecular formula is C14H24N2O4. The molecule has 1 rings (SSSR count). The SMILES string of the molecule is CCCC(OC)c1noc(CC(C)(C(=O)O)C(C)C)n1. The predicted octanol–water partition coefficient (Wildman–Crippen LogP) is 2.85. The van der Waals surface area contributed by atoms with Crippen LogP contribution in [0.5, 0.6) is 0 Å². The Morgan fingerprint density at radius 3 is 2.60 bits per heavy atom. The molecule has 1 aromatic rings. The summed E-state index contributed by atoms with van der Waals surface area (Å²) in [5.74, 6) is -0.0640. The average Bonchev–Trinajstić information content (AvgIpc) is 2.83. The third-order valence-corrected chi connectivity index (χ3v) is 3.89. The molecule has 0 amide bonds. The zero-order chi connectivity index (χ0) is 15.3. The molecule has 0 fully saturated rings. The monoisotopic (exact) mass is 284 g/mol. The van der Waals surface area contributed by atoms with E-state index in [-0.39, 0.29) is 18.4 Å². The van der Waals surface area contributed by atoms with Crippen molar-refractivity contribution in [3.63, 3.8) is 0 Å². The van der Waals surface area contributed by atoms with E-state index in [1.54, 1.807) is 14.0 Å². The molecular weight excluding hydrogens is 260 g/mol. The van der Waals surface area contributed by atoms with Crippen molar-refractivity contribution in [2.45, 2.75) is 53.1 Å². The molecule has 1 heterocycles. The van der Waals surface area contributed by atoms with Gasteiger partial charge in [-0.05, 0) is 19.3 Å². The number of nitrogens with zero attached hydrogens (tertiary/aromatic N) is 2. The van der Waals surface area contributed by atoms with Gasteiger partial charge in [-0.2, -0.15) is 4.98 Å². The van der Waals surface area contributed by atoms with Crippen LogP contribution in [0.2, 0.25) is 0 Å². The minimum Gasteiger partial charge on any atom is -0.481 e. The number of carboxylic acids is 1. The third kappa shape index (κ3) is 3.56. The maximum Gasteiger partial charge on any atom is 0.310 e. The molecule has 1 N–H and O–H groups in total. The molecule has 114 valence electrons. The second-order valence-electron chi connectivity index (χ2n) is 5.61. The van der Waals surface area contributed by atoms with Crippen LogP contribution in [-0.2, 0) is 16.0 Å². The standard InChI is InChI=1S/C14H24N2O4/c1-6-7-10(19-5)12-15-11(20-16-12)8-14(4,9(2)3)13(17)18/h9-10H,6-8H2,1-5H3,(H,17,18). The van der Waals surface area contributed by atoms with Crippen LogP contribution in [0.4, 0.5) is 0 Å². The molecule has 2 atom stereocenters. The Labute approximate surface area is 119 Å². The summed E-state index contributed by atoms with van der Waals surface area (Å²) in [6, 6.07) is 0. The number of aliphatic carboxylic acids is 1. The van der Waals surface area contributed by atoms with E-state index >= 15 is 0 Å². The quantitative estimate of drug-likeness (QED) is 0.790. The Kier molecular flexibility index (Phi) is 5.68. The first-order valence-corrected chi connectivity index (χ1v) is 6.93. The van der Waals surface area contributed by atoms with Crippen molar-refractivity contribution in [1.82, 2.24) is 10.1 Å². The van der Waals surface area contributed by atoms with Gasteiger partial charge >= 0.3 is 5.97 Å². The van der Waals surface area contributed by atoms with Crippen molar-refractivity contribution in [1.29, 1.82) is 0 Å². The van der Waals surface area contributed by atoms with E-state index in [0.29, 0.717) is 11.7 Å². The minimum absolute atomic E-state index is 0.0378. The van der Waals surface area contributed by atoms with Crippen LogP contribution in [0.1, 0.15) is 58.4 Å². The van der Waals surface area contributed by atoms with Crippen LogP contribution in [0.15, 0.2) is 4.52 Å². The smallest absolute Gasteiger partial charge is 0.310 e. The largest absolute Gasteiger partial charge is 0.481 e. The average molecular weight is 284 g/mol. The summed E-state index contributed by atoms with van der Waals surface area (Å²) in [6.07, 6.45) is 1.76. The van der Waals surface area contributed by atoms with Gasteiger partial charge in [-0.1, -0.05) is 32.3 Å². The number of hydrogen-bond donors (Lipinski definition) is 1. The van der Waals surface area contributed by atoms with E-state index < -0.39 is 11.4 Å². The zero-order valence-electron chi connectivity index (χ0n) is 12.8. The molecule has 2 unspecified atom stereocenters. The lowest BCUT2D eigenvalue weighted by Gasteiger charge is -2.27. The van der Waals surface area contributed by atoms with Gasteiger partial charge in [0.15, 0.2) is 0 Å². The molecule has 0 saturated carbocycles. The van der Waals surface area contributed by atoms with Crippen molar-refractivity contribution in [3.05, 3.63) is 11.7 Å². The molecule has 0 radical (unpaired) electrons. The van der Waals surface area contributed by atoms with Crippen molar-refractivity contribution in [3.8, 4) is 0 Å². The zero-order valence-corrected chi connectivity index (χ0v) is 12.8. The highest BCUT2D eigenvalue weighted by Gasteiger charge is 2.38. The summed E-state index contributed by atoms with van der Waals surface area (Å²) >= 11 is 0. The molecule has 6 heteroatoms. The first kappa shape index (κ1) is 16.6. The fourth-order valence-electron chi connectivity index (χ4n) is 1.93. The van der Waals surface area contributed by atoms with Crippen LogP contribution in [-0.4, -0.2) is 28.3 Å². The Morgan fingerprint density at radius 2 is 2.15 bits per heavy atom. The van der Waals surface area contributed by atoms with Crippen molar-refractivity contribution in [2.24, 2.45) is 11.3 Å². The highest BCUT2D eigenvalue weighted by atomic mass is 16.5. The van der Waals surface area contributed by atoms with Gasteiger partial charge in [0, 0.05) is 13.5 Å². The number of rotatable bonds is 8. The first-order valence-electron chi connectivity index (χ1n) is 6.93. The van der Waals surface area contributed by atoms with E-state index in [2.05, 4.69) is 10.1 Å². The Balaban J connectivity index is 2.89. The van der Waals surface area contributed by atoms with Gasteiger partial charge < -0.3 is 14.4 Å². The molecule has 20 heavy (non-hydrogen) atoms. The van der Waals surface area contributed by atoms with Crippen LogP contribution in [0.25, 0.3) is 0 Å². The summed E-state index contributed by atoms with van der Waals surface area (Å²) in [6.45, 7) is 7.50. The second kappa shape index (κ2) is 6.83. The van der Waals surface area contributed by atoms with E-state index in [1.807, 2.05) is 20.8 Å². The van der Waals surface area contributed by atoms with Crippen LogP contribution >= 0.6 is 0 Å². The number of ether oxygens (including phenoxy) is 1. The summed E-state index contributed by atoms with van der Waals surface area (Å²) in [4.78, 5) is 15.7. The van der Waals surface area contributed by atoms with Crippen molar-refractivity contribution in [2.75, 3.05) is 7.11 Å². The molecule has 0 aromatic carbocycles. The number of hydrogen-bond acceptors (Lipinski definition) is 5. The third-order valence-electron chi connectivity index (χ3n) is 3.89.